The van der Waals surface area contributed by atoms with Gasteiger partial charge in [0.1, 0.15) is 5.44 Å². The second-order valence-electron chi connectivity index (χ2n) is 1.89. The van der Waals surface area contributed by atoms with Crippen LogP contribution in [-0.4, -0.2) is 23.8 Å². The minimum Gasteiger partial charge on any atom is -0.362 e. The predicted octanol–water partition coefficient (Wildman–Crippen LogP) is 0.423. The normalized spacial score (nSPS) is 38.2. The Balaban J connectivity index is 2.22. The molecular formula is C5H11NOS. The van der Waals surface area contributed by atoms with Gasteiger partial charge in [-0.1, -0.05) is 0 Å². The quantitative estimate of drug-likeness (QED) is 0.563. The highest BCUT2D eigenvalue weighted by Gasteiger charge is 2.19. The van der Waals surface area contributed by atoms with Gasteiger partial charge in [0.15, 0.2) is 0 Å². The van der Waals surface area contributed by atoms with Gasteiger partial charge in [-0.3, -0.25) is 0 Å². The van der Waals surface area contributed by atoms with Crippen molar-refractivity contribution in [2.45, 2.75) is 18.5 Å². The Labute approximate surface area is 53.8 Å². The summed E-state index contributed by atoms with van der Waals surface area (Å²) in [7, 11) is 0. The lowest BCUT2D eigenvalue weighted by Gasteiger charge is -2.04. The molecule has 8 heavy (non-hydrogen) atoms. The van der Waals surface area contributed by atoms with Crippen molar-refractivity contribution >= 4 is 11.8 Å². The van der Waals surface area contributed by atoms with E-state index in [2.05, 4.69) is 6.92 Å². The standard InChI is InChI=1S/C5H11NOS/c1-4-7-5(2-6)3-8-4/h4-5H,2-3,6H2,1H3. The topological polar surface area (TPSA) is 35.2 Å². The van der Waals surface area contributed by atoms with Gasteiger partial charge in [-0.15, -0.1) is 11.8 Å². The molecule has 0 aliphatic carbocycles. The molecule has 1 saturated heterocycles. The van der Waals surface area contributed by atoms with Gasteiger partial charge in [-0.05, 0) is 6.92 Å². The first kappa shape index (κ1) is 6.39. The summed E-state index contributed by atoms with van der Waals surface area (Å²) in [5, 5.41) is 0. The Bertz CT molecular complexity index is 78.8. The predicted molar refractivity (Wildman–Crippen MR) is 35.8 cm³/mol. The average molecular weight is 133 g/mol. The number of thioether (sulfide) groups is 1. The fourth-order valence-corrected chi connectivity index (χ4v) is 1.65. The summed E-state index contributed by atoms with van der Waals surface area (Å²) in [6.07, 6.45) is 0.315. The van der Waals surface area contributed by atoms with Crippen molar-refractivity contribution in [1.29, 1.82) is 0 Å². The van der Waals surface area contributed by atoms with Gasteiger partial charge in [-0.2, -0.15) is 0 Å². The molecule has 0 bridgehead atoms. The van der Waals surface area contributed by atoms with Crippen molar-refractivity contribution in [3.63, 3.8) is 0 Å². The van der Waals surface area contributed by atoms with Crippen LogP contribution in [0.3, 0.4) is 0 Å². The molecule has 2 unspecified atom stereocenters. The van der Waals surface area contributed by atoms with Gasteiger partial charge in [0.25, 0.3) is 0 Å². The van der Waals surface area contributed by atoms with Gasteiger partial charge in [0.05, 0.1) is 6.10 Å². The molecule has 0 saturated carbocycles. The molecule has 3 heteroatoms. The van der Waals surface area contributed by atoms with Crippen LogP contribution in [0.5, 0.6) is 0 Å². The molecule has 0 spiro atoms. The third kappa shape index (κ3) is 1.37. The Kier molecular flexibility index (Phi) is 2.16. The summed E-state index contributed by atoms with van der Waals surface area (Å²) in [6, 6.07) is 0. The maximum atomic E-state index is 5.36. The molecule has 0 aromatic carbocycles. The first-order valence-electron chi connectivity index (χ1n) is 2.80. The zero-order chi connectivity index (χ0) is 5.98. The first-order chi connectivity index (χ1) is 3.83. The van der Waals surface area contributed by atoms with E-state index in [1.807, 2.05) is 11.8 Å². The second-order valence-corrected chi connectivity index (χ2v) is 3.23. The highest BCUT2D eigenvalue weighted by molar-refractivity contribution is 7.99. The van der Waals surface area contributed by atoms with Gasteiger partial charge < -0.3 is 10.5 Å². The van der Waals surface area contributed by atoms with Crippen LogP contribution in [0, 0.1) is 0 Å². The van der Waals surface area contributed by atoms with Crippen LogP contribution < -0.4 is 5.73 Å². The summed E-state index contributed by atoms with van der Waals surface area (Å²) < 4.78 is 5.35. The minimum absolute atomic E-state index is 0.315. The van der Waals surface area contributed by atoms with E-state index in [1.165, 1.54) is 0 Å². The van der Waals surface area contributed by atoms with E-state index >= 15 is 0 Å². The minimum atomic E-state index is 0.315. The zero-order valence-electron chi connectivity index (χ0n) is 4.96. The molecule has 1 rings (SSSR count). The molecular weight excluding hydrogens is 122 g/mol. The van der Waals surface area contributed by atoms with Crippen molar-refractivity contribution in [1.82, 2.24) is 0 Å². The maximum absolute atomic E-state index is 5.36. The van der Waals surface area contributed by atoms with E-state index in [9.17, 15) is 0 Å². The van der Waals surface area contributed by atoms with Crippen LogP contribution >= 0.6 is 11.8 Å². The molecule has 48 valence electrons. The van der Waals surface area contributed by atoms with E-state index in [4.69, 9.17) is 10.5 Å². The second kappa shape index (κ2) is 2.71. The Morgan fingerprint density at radius 2 is 2.62 bits per heavy atom. The van der Waals surface area contributed by atoms with Crippen molar-refractivity contribution in [2.75, 3.05) is 12.3 Å². The van der Waals surface area contributed by atoms with Crippen molar-refractivity contribution in [2.24, 2.45) is 5.73 Å². The van der Waals surface area contributed by atoms with Crippen LogP contribution in [0.2, 0.25) is 0 Å². The Hall–Kier alpha value is 0.270. The largest absolute Gasteiger partial charge is 0.362 e. The highest BCUT2D eigenvalue weighted by Crippen LogP contribution is 2.23. The molecule has 1 aliphatic rings. The number of hydrogen-bond donors (Lipinski definition) is 1. The molecule has 2 atom stereocenters. The monoisotopic (exact) mass is 133 g/mol. The summed E-state index contributed by atoms with van der Waals surface area (Å²) in [6.45, 7) is 2.72. The average Bonchev–Trinajstić information content (AvgIpc) is 2.14. The van der Waals surface area contributed by atoms with Gasteiger partial charge >= 0.3 is 0 Å². The van der Waals surface area contributed by atoms with Crippen molar-refractivity contribution < 1.29 is 4.74 Å². The van der Waals surface area contributed by atoms with E-state index in [1.54, 1.807) is 0 Å². The Morgan fingerprint density at radius 1 is 1.88 bits per heavy atom. The molecule has 0 radical (unpaired) electrons. The lowest BCUT2D eigenvalue weighted by Crippen LogP contribution is -2.21. The van der Waals surface area contributed by atoms with E-state index < -0.39 is 0 Å². The third-order valence-electron chi connectivity index (χ3n) is 1.16. The summed E-state index contributed by atoms with van der Waals surface area (Å²) in [5.41, 5.74) is 5.72. The third-order valence-corrected chi connectivity index (χ3v) is 2.31. The molecule has 0 aromatic rings. The van der Waals surface area contributed by atoms with Crippen LogP contribution in [0.4, 0.5) is 0 Å². The number of nitrogens with two attached hydrogens (primary N) is 1. The molecule has 1 aliphatic heterocycles. The molecule has 0 amide bonds. The highest BCUT2D eigenvalue weighted by atomic mass is 32.2. The zero-order valence-corrected chi connectivity index (χ0v) is 5.78. The maximum Gasteiger partial charge on any atom is 0.100 e. The van der Waals surface area contributed by atoms with Crippen LogP contribution in [0.15, 0.2) is 0 Å². The number of hydrogen-bond acceptors (Lipinski definition) is 3. The van der Waals surface area contributed by atoms with Crippen LogP contribution in [0.25, 0.3) is 0 Å². The van der Waals surface area contributed by atoms with Gasteiger partial charge in [0, 0.05) is 12.3 Å². The SMILES string of the molecule is CC1OC(CN)CS1. The van der Waals surface area contributed by atoms with E-state index in [-0.39, 0.29) is 0 Å². The first-order valence-corrected chi connectivity index (χ1v) is 3.85. The van der Waals surface area contributed by atoms with Crippen LogP contribution in [0.1, 0.15) is 6.92 Å². The molecule has 1 heterocycles. The lowest BCUT2D eigenvalue weighted by molar-refractivity contribution is 0.0818. The number of ether oxygens (including phenoxy) is 1. The summed E-state index contributed by atoms with van der Waals surface area (Å²) >= 11 is 1.83. The fraction of sp³-hybridized carbons (Fsp3) is 1.00. The van der Waals surface area contributed by atoms with Gasteiger partial charge in [0.2, 0.25) is 0 Å². The summed E-state index contributed by atoms with van der Waals surface area (Å²) in [5.74, 6) is 1.07. The molecule has 0 aromatic heterocycles. The number of rotatable bonds is 1. The van der Waals surface area contributed by atoms with Crippen LogP contribution in [-0.2, 0) is 4.74 Å². The lowest BCUT2D eigenvalue weighted by atomic mass is 10.4. The molecule has 2 nitrogen and oxygen atoms in total. The van der Waals surface area contributed by atoms with E-state index in [0.717, 1.165) is 5.75 Å². The van der Waals surface area contributed by atoms with Crippen molar-refractivity contribution in [3.05, 3.63) is 0 Å². The molecule has 2 N–H and O–H groups in total. The Morgan fingerprint density at radius 3 is 2.88 bits per heavy atom. The fourth-order valence-electron chi connectivity index (χ4n) is 0.716. The van der Waals surface area contributed by atoms with Crippen molar-refractivity contribution in [3.8, 4) is 0 Å². The summed E-state index contributed by atoms with van der Waals surface area (Å²) in [4.78, 5) is 0. The molecule has 1 fully saturated rings. The van der Waals surface area contributed by atoms with Gasteiger partial charge in [-0.25, -0.2) is 0 Å². The van der Waals surface area contributed by atoms with E-state index in [0.29, 0.717) is 18.1 Å². The smallest absolute Gasteiger partial charge is 0.100 e.